The van der Waals surface area contributed by atoms with Crippen LogP contribution in [0.25, 0.3) is 0 Å². The zero-order valence-corrected chi connectivity index (χ0v) is 20.2. The lowest BCUT2D eigenvalue weighted by Crippen LogP contribution is -2.31. The molecule has 0 spiro atoms. The maximum atomic E-state index is 13.1. The Morgan fingerprint density at radius 3 is 2.25 bits per heavy atom. The zero-order chi connectivity index (χ0) is 23.4. The van der Waals surface area contributed by atoms with Crippen LogP contribution in [0.3, 0.4) is 0 Å². The number of hydrogen-bond acceptors (Lipinski definition) is 4. The van der Waals surface area contributed by atoms with Gasteiger partial charge in [0.25, 0.3) is 0 Å². The Morgan fingerprint density at radius 1 is 1.03 bits per heavy atom. The maximum Gasteiger partial charge on any atom is 0.241 e. The molecule has 6 nitrogen and oxygen atoms in total. The number of furan rings is 1. The highest BCUT2D eigenvalue weighted by atomic mass is 32.2. The fourth-order valence-electron chi connectivity index (χ4n) is 2.93. The first-order chi connectivity index (χ1) is 15.1. The molecule has 0 aliphatic heterocycles. The Balaban J connectivity index is 2.00. The Kier molecular flexibility index (Phi) is 7.48. The van der Waals surface area contributed by atoms with Gasteiger partial charge in [-0.3, -0.25) is 0 Å². The van der Waals surface area contributed by atoms with Crippen molar-refractivity contribution in [3.05, 3.63) is 89.9 Å². The average molecular weight is 473 g/mol. The molecule has 0 bridgehead atoms. The van der Waals surface area contributed by atoms with Crippen molar-refractivity contribution in [3.8, 4) is 0 Å². The summed E-state index contributed by atoms with van der Waals surface area (Å²) in [6.07, 6.45) is 1.67. The zero-order valence-electron chi connectivity index (χ0n) is 18.6. The van der Waals surface area contributed by atoms with Crippen LogP contribution in [0.2, 0.25) is 0 Å². The molecule has 0 aliphatic carbocycles. The minimum absolute atomic E-state index is 0.163. The molecule has 1 aromatic heterocycles. The van der Waals surface area contributed by atoms with E-state index in [4.69, 9.17) is 4.42 Å². The van der Waals surface area contributed by atoms with E-state index in [1.807, 2.05) is 58.0 Å². The summed E-state index contributed by atoms with van der Waals surface area (Å²) in [5, 5.41) is 0. The Bertz CT molecular complexity index is 1180. The quantitative estimate of drug-likeness (QED) is 0.470. The largest absolute Gasteiger partial charge is 0.468 e. The molecule has 2 atom stereocenters. The third-order valence-electron chi connectivity index (χ3n) is 4.74. The average Bonchev–Trinajstić information content (AvgIpc) is 3.27. The predicted octanol–water partition coefficient (Wildman–Crippen LogP) is 4.95. The van der Waals surface area contributed by atoms with Gasteiger partial charge in [0.15, 0.2) is 0 Å². The van der Waals surface area contributed by atoms with Crippen LogP contribution in [0.4, 0.5) is 0 Å². The van der Waals surface area contributed by atoms with Crippen LogP contribution in [0.15, 0.2) is 86.7 Å². The molecule has 8 heteroatoms. The summed E-state index contributed by atoms with van der Waals surface area (Å²) in [6.45, 7) is 7.44. The molecule has 0 radical (unpaired) electrons. The van der Waals surface area contributed by atoms with E-state index in [9.17, 15) is 12.6 Å². The molecule has 1 N–H and O–H groups in total. The Hall–Kier alpha value is -2.55. The first kappa shape index (κ1) is 24.1. The third kappa shape index (κ3) is 6.25. The Morgan fingerprint density at radius 2 is 1.69 bits per heavy atom. The summed E-state index contributed by atoms with van der Waals surface area (Å²) >= 11 is 0. The van der Waals surface area contributed by atoms with Gasteiger partial charge in [0.05, 0.1) is 27.7 Å². The van der Waals surface area contributed by atoms with E-state index < -0.39 is 31.8 Å². The smallest absolute Gasteiger partial charge is 0.241 e. The lowest BCUT2D eigenvalue weighted by molar-refractivity contribution is 0.449. The number of nitrogens with zero attached hydrogens (tertiary/aromatic N) is 1. The molecule has 0 aliphatic rings. The molecule has 170 valence electrons. The number of rotatable bonds is 8. The molecule has 3 rings (SSSR count). The van der Waals surface area contributed by atoms with Crippen molar-refractivity contribution >= 4 is 26.7 Å². The molecule has 0 fully saturated rings. The van der Waals surface area contributed by atoms with Crippen molar-refractivity contribution in [3.63, 3.8) is 0 Å². The van der Waals surface area contributed by atoms with Gasteiger partial charge < -0.3 is 4.42 Å². The van der Waals surface area contributed by atoms with Crippen molar-refractivity contribution in [2.45, 2.75) is 49.8 Å². The molecule has 0 saturated heterocycles. The SMILES string of the molecule is Cc1ccc(S(=O)(=O)N[C@@H](C/C(=N/S(=O)C(C)(C)C)c2ccccc2)c2ccco2)cc1. The minimum Gasteiger partial charge on any atom is -0.468 e. The number of aryl methyl sites for hydroxylation is 1. The fourth-order valence-corrected chi connectivity index (χ4v) is 4.79. The van der Waals surface area contributed by atoms with Crippen LogP contribution in [-0.4, -0.2) is 23.1 Å². The third-order valence-corrected chi connectivity index (χ3v) is 7.66. The summed E-state index contributed by atoms with van der Waals surface area (Å²) in [4.78, 5) is 0.163. The molecular weight excluding hydrogens is 444 g/mol. The van der Waals surface area contributed by atoms with Crippen LogP contribution in [0.1, 0.15) is 50.1 Å². The number of sulfonamides is 1. The Labute approximate surface area is 192 Å². The summed E-state index contributed by atoms with van der Waals surface area (Å²) in [6, 6.07) is 18.7. The van der Waals surface area contributed by atoms with Crippen molar-refractivity contribution in [2.75, 3.05) is 0 Å². The van der Waals surface area contributed by atoms with E-state index in [0.717, 1.165) is 11.1 Å². The first-order valence-electron chi connectivity index (χ1n) is 10.2. The van der Waals surface area contributed by atoms with Gasteiger partial charge in [0.1, 0.15) is 16.7 Å². The van der Waals surface area contributed by atoms with Gasteiger partial charge in [-0.2, -0.15) is 4.40 Å². The van der Waals surface area contributed by atoms with Crippen LogP contribution in [-0.2, 0) is 21.0 Å². The predicted molar refractivity (Wildman–Crippen MR) is 128 cm³/mol. The van der Waals surface area contributed by atoms with Gasteiger partial charge >= 0.3 is 0 Å². The summed E-state index contributed by atoms with van der Waals surface area (Å²) in [5.74, 6) is 0.450. The van der Waals surface area contributed by atoms with Crippen molar-refractivity contribution in [1.82, 2.24) is 4.72 Å². The molecule has 1 heterocycles. The van der Waals surface area contributed by atoms with Crippen LogP contribution in [0, 0.1) is 6.92 Å². The van der Waals surface area contributed by atoms with E-state index in [1.165, 1.54) is 6.26 Å². The molecule has 2 aromatic carbocycles. The van der Waals surface area contributed by atoms with E-state index >= 15 is 0 Å². The number of hydrogen-bond donors (Lipinski definition) is 1. The van der Waals surface area contributed by atoms with E-state index in [0.29, 0.717) is 11.5 Å². The van der Waals surface area contributed by atoms with Crippen LogP contribution in [0.5, 0.6) is 0 Å². The lowest BCUT2D eigenvalue weighted by Gasteiger charge is -2.20. The summed E-state index contributed by atoms with van der Waals surface area (Å²) in [5.41, 5.74) is 2.28. The highest BCUT2D eigenvalue weighted by molar-refractivity contribution is 7.89. The van der Waals surface area contributed by atoms with E-state index in [-0.39, 0.29) is 11.3 Å². The van der Waals surface area contributed by atoms with Gasteiger partial charge in [-0.25, -0.2) is 17.3 Å². The maximum absolute atomic E-state index is 13.1. The summed E-state index contributed by atoms with van der Waals surface area (Å²) in [7, 11) is -5.34. The second-order valence-corrected chi connectivity index (χ2v) is 12.1. The molecule has 32 heavy (non-hydrogen) atoms. The molecule has 0 saturated carbocycles. The number of benzene rings is 2. The minimum atomic E-state index is -3.83. The second-order valence-electron chi connectivity index (χ2n) is 8.47. The number of nitrogens with one attached hydrogen (secondary N) is 1. The van der Waals surface area contributed by atoms with Crippen LogP contribution >= 0.6 is 0 Å². The molecule has 3 aromatic rings. The van der Waals surface area contributed by atoms with Gasteiger partial charge in [-0.1, -0.05) is 48.0 Å². The van der Waals surface area contributed by atoms with E-state index in [1.54, 1.807) is 36.4 Å². The van der Waals surface area contributed by atoms with Crippen molar-refractivity contribution < 1.29 is 17.0 Å². The highest BCUT2D eigenvalue weighted by Crippen LogP contribution is 2.25. The molecular formula is C24H28N2O4S2. The molecule has 0 amide bonds. The van der Waals surface area contributed by atoms with Crippen LogP contribution < -0.4 is 4.72 Å². The topological polar surface area (TPSA) is 88.7 Å². The van der Waals surface area contributed by atoms with Crippen molar-refractivity contribution in [1.29, 1.82) is 0 Å². The standard InChI is InChI=1S/C24H28N2O4S2/c1-18-12-14-20(15-13-18)32(28,29)26-22(23-11-8-16-30-23)17-21(19-9-6-5-7-10-19)25-31(27)24(2,3)4/h5-16,22,26H,17H2,1-4H3/b25-21-/t22-,31?/m0/s1. The summed E-state index contributed by atoms with van der Waals surface area (Å²) < 4.78 is 51.2. The lowest BCUT2D eigenvalue weighted by atomic mass is 10.0. The van der Waals surface area contributed by atoms with Crippen molar-refractivity contribution in [2.24, 2.45) is 4.40 Å². The fraction of sp³-hybridized carbons (Fsp3) is 0.292. The van der Waals surface area contributed by atoms with Gasteiger partial charge in [-0.05, 0) is 57.5 Å². The van der Waals surface area contributed by atoms with Gasteiger partial charge in [0.2, 0.25) is 10.0 Å². The highest BCUT2D eigenvalue weighted by Gasteiger charge is 2.27. The monoisotopic (exact) mass is 472 g/mol. The van der Waals surface area contributed by atoms with Gasteiger partial charge in [-0.15, -0.1) is 0 Å². The van der Waals surface area contributed by atoms with Gasteiger partial charge in [0, 0.05) is 6.42 Å². The van der Waals surface area contributed by atoms with E-state index in [2.05, 4.69) is 9.12 Å². The second kappa shape index (κ2) is 9.94. The molecule has 1 unspecified atom stereocenters. The first-order valence-corrected chi connectivity index (χ1v) is 12.8. The normalized spacial score (nSPS) is 14.8.